The van der Waals surface area contributed by atoms with Crippen LogP contribution in [0.5, 0.6) is 11.5 Å². The van der Waals surface area contributed by atoms with Gasteiger partial charge in [-0.3, -0.25) is 9.59 Å². The number of phenols is 1. The van der Waals surface area contributed by atoms with Gasteiger partial charge in [-0.2, -0.15) is 0 Å². The van der Waals surface area contributed by atoms with Crippen molar-refractivity contribution in [2.75, 3.05) is 12.4 Å². The first-order valence-electron chi connectivity index (χ1n) is 8.98. The van der Waals surface area contributed by atoms with E-state index in [0.717, 1.165) is 0 Å². The van der Waals surface area contributed by atoms with Crippen LogP contribution < -0.4 is 15.5 Å². The number of methoxy groups -OCH3 is 1. The zero-order valence-corrected chi connectivity index (χ0v) is 16.6. The van der Waals surface area contributed by atoms with Gasteiger partial charge in [-0.1, -0.05) is 35.9 Å². The number of hydrogen-bond donors (Lipinski definition) is 2. The van der Waals surface area contributed by atoms with Crippen LogP contribution in [0.1, 0.15) is 10.4 Å². The number of nitrogens with one attached hydrogen (secondary N) is 1. The van der Waals surface area contributed by atoms with Crippen molar-refractivity contribution in [1.29, 1.82) is 0 Å². The van der Waals surface area contributed by atoms with Crippen molar-refractivity contribution in [2.45, 2.75) is 0 Å². The van der Waals surface area contributed by atoms with Gasteiger partial charge in [-0.05, 0) is 36.4 Å². The summed E-state index contributed by atoms with van der Waals surface area (Å²) >= 11 is 6.05. The molecule has 0 radical (unpaired) electrons. The van der Waals surface area contributed by atoms with E-state index in [1.54, 1.807) is 48.5 Å². The molecule has 1 aromatic heterocycles. The van der Waals surface area contributed by atoms with Crippen molar-refractivity contribution >= 4 is 34.2 Å². The predicted molar refractivity (Wildman–Crippen MR) is 116 cm³/mol. The number of phenolic OH excluding ortho intramolecular Hbond substituents is 1. The number of benzene rings is 3. The number of para-hydroxylation sites is 1. The standard InChI is InChI=1S/C23H16ClNO5/c1-29-19-8-3-2-7-15(19)23(28)25-16-9-10-17(26)21-18(27)12-20(30-22(16)21)13-5-4-6-14(24)11-13/h2-12,26H,1H3,(H,25,28). The zero-order chi connectivity index (χ0) is 21.3. The molecule has 0 aliphatic rings. The molecule has 7 heteroatoms. The van der Waals surface area contributed by atoms with Crippen LogP contribution >= 0.6 is 11.6 Å². The number of carbonyl (C=O) groups excluding carboxylic acids is 1. The van der Waals surface area contributed by atoms with Gasteiger partial charge >= 0.3 is 0 Å². The average Bonchev–Trinajstić information content (AvgIpc) is 2.75. The SMILES string of the molecule is COc1ccccc1C(=O)Nc1ccc(O)c2c(=O)cc(-c3cccc(Cl)c3)oc12. The number of amides is 1. The molecule has 0 saturated carbocycles. The molecule has 0 aliphatic carbocycles. The molecule has 6 nitrogen and oxygen atoms in total. The Kier molecular flexibility index (Phi) is 5.16. The molecule has 0 spiro atoms. The normalized spacial score (nSPS) is 10.7. The van der Waals surface area contributed by atoms with Crippen molar-refractivity contribution in [3.63, 3.8) is 0 Å². The number of rotatable bonds is 4. The Morgan fingerprint density at radius 2 is 1.87 bits per heavy atom. The van der Waals surface area contributed by atoms with Crippen molar-refractivity contribution < 1.29 is 19.1 Å². The van der Waals surface area contributed by atoms with Crippen molar-refractivity contribution in [2.24, 2.45) is 0 Å². The zero-order valence-electron chi connectivity index (χ0n) is 15.8. The second kappa shape index (κ2) is 7.93. The van der Waals surface area contributed by atoms with E-state index in [2.05, 4.69) is 5.32 Å². The molecule has 3 aromatic carbocycles. The molecular formula is C23H16ClNO5. The molecule has 1 heterocycles. The number of hydrogen-bond acceptors (Lipinski definition) is 5. The summed E-state index contributed by atoms with van der Waals surface area (Å²) in [6.45, 7) is 0. The summed E-state index contributed by atoms with van der Waals surface area (Å²) in [5, 5.41) is 13.4. The van der Waals surface area contributed by atoms with Crippen LogP contribution in [0.3, 0.4) is 0 Å². The molecule has 0 saturated heterocycles. The summed E-state index contributed by atoms with van der Waals surface area (Å²) in [5.74, 6) is -0.0329. The number of ether oxygens (including phenoxy) is 1. The molecule has 0 unspecified atom stereocenters. The molecule has 30 heavy (non-hydrogen) atoms. The van der Waals surface area contributed by atoms with Gasteiger partial charge in [0.15, 0.2) is 11.0 Å². The summed E-state index contributed by atoms with van der Waals surface area (Å²) in [4.78, 5) is 25.5. The highest BCUT2D eigenvalue weighted by Crippen LogP contribution is 2.33. The van der Waals surface area contributed by atoms with Crippen LogP contribution in [-0.4, -0.2) is 18.1 Å². The van der Waals surface area contributed by atoms with Crippen molar-refractivity contribution in [3.05, 3.63) is 87.5 Å². The fraction of sp³-hybridized carbons (Fsp3) is 0.0435. The topological polar surface area (TPSA) is 88.8 Å². The highest BCUT2D eigenvalue weighted by Gasteiger charge is 2.18. The number of fused-ring (bicyclic) bond motifs is 1. The van der Waals surface area contributed by atoms with Gasteiger partial charge in [0.05, 0.1) is 18.4 Å². The molecule has 0 atom stereocenters. The monoisotopic (exact) mass is 421 g/mol. The van der Waals surface area contributed by atoms with Gasteiger partial charge < -0.3 is 19.6 Å². The lowest BCUT2D eigenvalue weighted by Gasteiger charge is -2.12. The maximum Gasteiger partial charge on any atom is 0.259 e. The Morgan fingerprint density at radius 3 is 2.63 bits per heavy atom. The molecule has 150 valence electrons. The predicted octanol–water partition coefficient (Wildman–Crippen LogP) is 5.08. The quantitative estimate of drug-likeness (QED) is 0.448. The Labute approximate surface area is 176 Å². The van der Waals surface area contributed by atoms with E-state index in [1.165, 1.54) is 25.3 Å². The third-order valence-corrected chi connectivity index (χ3v) is 4.80. The minimum absolute atomic E-state index is 0.0291. The second-order valence-corrected chi connectivity index (χ2v) is 6.91. The van der Waals surface area contributed by atoms with Gasteiger partial charge in [-0.25, -0.2) is 0 Å². The number of aromatic hydroxyl groups is 1. The highest BCUT2D eigenvalue weighted by atomic mass is 35.5. The highest BCUT2D eigenvalue weighted by molar-refractivity contribution is 6.30. The average molecular weight is 422 g/mol. The van der Waals surface area contributed by atoms with E-state index in [1.807, 2.05) is 0 Å². The van der Waals surface area contributed by atoms with Crippen LogP contribution in [0, 0.1) is 0 Å². The third kappa shape index (κ3) is 3.60. The van der Waals surface area contributed by atoms with E-state index in [-0.39, 0.29) is 28.2 Å². The van der Waals surface area contributed by atoms with Crippen LogP contribution in [0.4, 0.5) is 5.69 Å². The van der Waals surface area contributed by atoms with Gasteiger partial charge in [0, 0.05) is 16.7 Å². The van der Waals surface area contributed by atoms with E-state index >= 15 is 0 Å². The Balaban J connectivity index is 1.85. The van der Waals surface area contributed by atoms with E-state index < -0.39 is 11.3 Å². The molecule has 0 bridgehead atoms. The number of halogens is 1. The molecule has 1 amide bonds. The largest absolute Gasteiger partial charge is 0.507 e. The van der Waals surface area contributed by atoms with E-state index in [4.69, 9.17) is 20.8 Å². The first kappa shape index (κ1) is 19.5. The lowest BCUT2D eigenvalue weighted by Crippen LogP contribution is -2.14. The number of carbonyl (C=O) groups is 1. The minimum Gasteiger partial charge on any atom is -0.507 e. The fourth-order valence-corrected chi connectivity index (χ4v) is 3.34. The van der Waals surface area contributed by atoms with Gasteiger partial charge in [0.25, 0.3) is 5.91 Å². The van der Waals surface area contributed by atoms with Gasteiger partial charge in [0.1, 0.15) is 22.6 Å². The van der Waals surface area contributed by atoms with Crippen LogP contribution in [0.25, 0.3) is 22.3 Å². The van der Waals surface area contributed by atoms with E-state index in [9.17, 15) is 14.7 Å². The van der Waals surface area contributed by atoms with Crippen LogP contribution in [0.15, 0.2) is 75.9 Å². The third-order valence-electron chi connectivity index (χ3n) is 4.57. The van der Waals surface area contributed by atoms with E-state index in [0.29, 0.717) is 21.9 Å². The van der Waals surface area contributed by atoms with Crippen molar-refractivity contribution in [1.82, 2.24) is 0 Å². The maximum absolute atomic E-state index is 12.8. The first-order valence-corrected chi connectivity index (χ1v) is 9.36. The lowest BCUT2D eigenvalue weighted by molar-refractivity contribution is 0.102. The lowest BCUT2D eigenvalue weighted by atomic mass is 10.1. The maximum atomic E-state index is 12.8. The Bertz CT molecular complexity index is 1330. The summed E-state index contributed by atoms with van der Waals surface area (Å²) in [5.41, 5.74) is 0.749. The fourth-order valence-electron chi connectivity index (χ4n) is 3.15. The minimum atomic E-state index is -0.449. The molecule has 0 aliphatic heterocycles. The van der Waals surface area contributed by atoms with Crippen molar-refractivity contribution in [3.8, 4) is 22.8 Å². The summed E-state index contributed by atoms with van der Waals surface area (Å²) < 4.78 is 11.2. The number of anilines is 1. The van der Waals surface area contributed by atoms with Gasteiger partial charge in [-0.15, -0.1) is 0 Å². The van der Waals surface area contributed by atoms with Gasteiger partial charge in [0.2, 0.25) is 0 Å². The Hall–Kier alpha value is -3.77. The Morgan fingerprint density at radius 1 is 1.07 bits per heavy atom. The second-order valence-electron chi connectivity index (χ2n) is 6.48. The summed E-state index contributed by atoms with van der Waals surface area (Å²) in [6.07, 6.45) is 0. The molecule has 0 fully saturated rings. The molecular weight excluding hydrogens is 406 g/mol. The smallest absolute Gasteiger partial charge is 0.259 e. The summed E-state index contributed by atoms with van der Waals surface area (Å²) in [6, 6.07) is 17.7. The molecule has 4 aromatic rings. The summed E-state index contributed by atoms with van der Waals surface area (Å²) in [7, 11) is 1.47. The van der Waals surface area contributed by atoms with Crippen LogP contribution in [0.2, 0.25) is 5.02 Å². The molecule has 4 rings (SSSR count). The van der Waals surface area contributed by atoms with Crippen LogP contribution in [-0.2, 0) is 0 Å². The molecule has 2 N–H and O–H groups in total. The first-order chi connectivity index (χ1) is 14.5.